The minimum absolute atomic E-state index is 0.0239. The molecule has 2 aromatic carbocycles. The summed E-state index contributed by atoms with van der Waals surface area (Å²) in [7, 11) is 0. The molecular formula is C22H13F6N3O. The molecule has 0 bridgehead atoms. The third-order valence-electron chi connectivity index (χ3n) is 4.54. The minimum atomic E-state index is -4.81. The molecule has 32 heavy (non-hydrogen) atoms. The van der Waals surface area contributed by atoms with Crippen molar-refractivity contribution >= 4 is 5.91 Å². The van der Waals surface area contributed by atoms with Gasteiger partial charge >= 0.3 is 12.4 Å². The Morgan fingerprint density at radius 1 is 0.906 bits per heavy atom. The number of halogens is 6. The lowest BCUT2D eigenvalue weighted by atomic mass is 9.97. The molecule has 1 unspecified atom stereocenters. The number of rotatable bonds is 4. The molecule has 10 heteroatoms. The first kappa shape index (κ1) is 22.8. The Kier molecular flexibility index (Phi) is 6.20. The number of nitrogens with one attached hydrogen (secondary N) is 1. The molecule has 1 N–H and O–H groups in total. The molecular weight excluding hydrogens is 436 g/mol. The van der Waals surface area contributed by atoms with Gasteiger partial charge in [-0.25, -0.2) is 0 Å². The molecule has 0 aliphatic carbocycles. The summed E-state index contributed by atoms with van der Waals surface area (Å²) in [4.78, 5) is 16.5. The maximum Gasteiger partial charge on any atom is 0.418 e. The molecule has 0 saturated heterocycles. The third kappa shape index (κ3) is 5.06. The van der Waals surface area contributed by atoms with Crippen LogP contribution in [-0.4, -0.2) is 10.9 Å². The molecule has 3 aromatic rings. The van der Waals surface area contributed by atoms with Gasteiger partial charge in [0.25, 0.3) is 5.91 Å². The topological polar surface area (TPSA) is 65.8 Å². The van der Waals surface area contributed by atoms with Gasteiger partial charge in [-0.05, 0) is 54.1 Å². The van der Waals surface area contributed by atoms with Crippen LogP contribution in [0.4, 0.5) is 26.3 Å². The predicted molar refractivity (Wildman–Crippen MR) is 101 cm³/mol. The second-order valence-corrected chi connectivity index (χ2v) is 6.65. The molecule has 0 aliphatic heterocycles. The Bertz CT molecular complexity index is 1150. The van der Waals surface area contributed by atoms with Crippen LogP contribution in [0.25, 0.3) is 0 Å². The van der Waals surface area contributed by atoms with Gasteiger partial charge in [0.1, 0.15) is 0 Å². The fourth-order valence-corrected chi connectivity index (χ4v) is 2.97. The summed E-state index contributed by atoms with van der Waals surface area (Å²) in [6, 6.07) is 10.9. The van der Waals surface area contributed by atoms with Crippen molar-refractivity contribution in [3.05, 3.63) is 100 Å². The highest BCUT2D eigenvalue weighted by Crippen LogP contribution is 2.36. The zero-order chi connectivity index (χ0) is 23.5. The van der Waals surface area contributed by atoms with Gasteiger partial charge in [0.05, 0.1) is 34.5 Å². The summed E-state index contributed by atoms with van der Waals surface area (Å²) in [6.07, 6.45) is -8.36. The van der Waals surface area contributed by atoms with E-state index in [-0.39, 0.29) is 16.7 Å². The van der Waals surface area contributed by atoms with Gasteiger partial charge in [0, 0.05) is 11.8 Å². The Labute approximate surface area is 178 Å². The minimum Gasteiger partial charge on any atom is -0.340 e. The predicted octanol–water partition coefficient (Wildman–Crippen LogP) is 5.51. The number of hydrogen-bond donors (Lipinski definition) is 1. The summed E-state index contributed by atoms with van der Waals surface area (Å²) >= 11 is 0. The zero-order valence-electron chi connectivity index (χ0n) is 16.0. The van der Waals surface area contributed by atoms with E-state index in [1.165, 1.54) is 24.3 Å². The van der Waals surface area contributed by atoms with Crippen LogP contribution in [0.5, 0.6) is 0 Å². The van der Waals surface area contributed by atoms with E-state index in [2.05, 4.69) is 10.3 Å². The molecule has 0 saturated carbocycles. The van der Waals surface area contributed by atoms with Gasteiger partial charge in [-0.1, -0.05) is 12.1 Å². The van der Waals surface area contributed by atoms with Gasteiger partial charge in [-0.3, -0.25) is 9.78 Å². The van der Waals surface area contributed by atoms with Crippen LogP contribution in [0, 0.1) is 11.3 Å². The van der Waals surface area contributed by atoms with Crippen LogP contribution < -0.4 is 5.32 Å². The molecule has 0 radical (unpaired) electrons. The molecule has 3 rings (SSSR count). The van der Waals surface area contributed by atoms with Crippen LogP contribution in [0.3, 0.4) is 0 Å². The van der Waals surface area contributed by atoms with Crippen LogP contribution in [0.15, 0.2) is 66.9 Å². The van der Waals surface area contributed by atoms with Crippen LogP contribution in [0.2, 0.25) is 0 Å². The quantitative estimate of drug-likeness (QED) is 0.534. The standard InChI is InChI=1S/C22H13F6N3O/c23-21(24,25)16-9-7-14(8-10-16)18(19-17(22(26,27)28)2-1-11-30-19)31-20(32)15-5-3-13(12-29)4-6-15/h1-11,18H,(H,31,32). The summed E-state index contributed by atoms with van der Waals surface area (Å²) in [5.41, 5.74) is -2.40. The Hall–Kier alpha value is -3.87. The van der Waals surface area contributed by atoms with E-state index >= 15 is 0 Å². The second-order valence-electron chi connectivity index (χ2n) is 6.65. The second kappa shape index (κ2) is 8.70. The SMILES string of the molecule is N#Cc1ccc(C(=O)NC(c2ccc(C(F)(F)F)cc2)c2ncccc2C(F)(F)F)cc1. The normalized spacial score (nSPS) is 12.7. The highest BCUT2D eigenvalue weighted by atomic mass is 19.4. The van der Waals surface area contributed by atoms with Gasteiger partial charge in [0.15, 0.2) is 0 Å². The first-order chi connectivity index (χ1) is 15.0. The van der Waals surface area contributed by atoms with Crippen molar-refractivity contribution in [2.75, 3.05) is 0 Å². The van der Waals surface area contributed by atoms with Gasteiger partial charge in [-0.15, -0.1) is 0 Å². The summed E-state index contributed by atoms with van der Waals surface area (Å²) in [5, 5.41) is 11.3. The molecule has 0 fully saturated rings. The zero-order valence-corrected chi connectivity index (χ0v) is 16.0. The fraction of sp³-hybridized carbons (Fsp3) is 0.136. The Morgan fingerprint density at radius 3 is 2.06 bits per heavy atom. The van der Waals surface area contributed by atoms with Crippen molar-refractivity contribution in [3.63, 3.8) is 0 Å². The molecule has 1 amide bonds. The summed E-state index contributed by atoms with van der Waals surface area (Å²) < 4.78 is 79.4. The van der Waals surface area contributed by atoms with Crippen molar-refractivity contribution in [3.8, 4) is 6.07 Å². The number of carbonyl (C=O) groups is 1. The first-order valence-electron chi connectivity index (χ1n) is 9.01. The number of amides is 1. The highest BCUT2D eigenvalue weighted by molar-refractivity contribution is 5.94. The number of nitriles is 1. The van der Waals surface area contributed by atoms with Crippen LogP contribution in [-0.2, 0) is 12.4 Å². The van der Waals surface area contributed by atoms with Gasteiger partial charge in [-0.2, -0.15) is 31.6 Å². The first-order valence-corrected chi connectivity index (χ1v) is 9.01. The smallest absolute Gasteiger partial charge is 0.340 e. The Morgan fingerprint density at radius 2 is 1.53 bits per heavy atom. The Balaban J connectivity index is 2.06. The molecule has 1 atom stereocenters. The van der Waals surface area contributed by atoms with Crippen molar-refractivity contribution in [1.82, 2.24) is 10.3 Å². The monoisotopic (exact) mass is 449 g/mol. The number of alkyl halides is 6. The number of pyridine rings is 1. The molecule has 1 aromatic heterocycles. The molecule has 1 heterocycles. The maximum absolute atomic E-state index is 13.6. The largest absolute Gasteiger partial charge is 0.418 e. The number of aromatic nitrogens is 1. The maximum atomic E-state index is 13.6. The summed E-state index contributed by atoms with van der Waals surface area (Å²) in [5.74, 6) is -0.793. The summed E-state index contributed by atoms with van der Waals surface area (Å²) in [6.45, 7) is 0. The number of benzene rings is 2. The average Bonchev–Trinajstić information content (AvgIpc) is 2.76. The van der Waals surface area contributed by atoms with Crippen LogP contribution >= 0.6 is 0 Å². The van der Waals surface area contributed by atoms with Crippen molar-refractivity contribution in [2.24, 2.45) is 0 Å². The average molecular weight is 449 g/mol. The van der Waals surface area contributed by atoms with Gasteiger partial charge in [0.2, 0.25) is 0 Å². The van der Waals surface area contributed by atoms with Crippen molar-refractivity contribution < 1.29 is 31.1 Å². The van der Waals surface area contributed by atoms with E-state index in [0.29, 0.717) is 12.1 Å². The van der Waals surface area contributed by atoms with E-state index < -0.39 is 41.1 Å². The molecule has 4 nitrogen and oxygen atoms in total. The van der Waals surface area contributed by atoms with E-state index in [1.807, 2.05) is 6.07 Å². The third-order valence-corrected chi connectivity index (χ3v) is 4.54. The molecule has 0 aliphatic rings. The lowest BCUT2D eigenvalue weighted by Crippen LogP contribution is -2.31. The molecule has 0 spiro atoms. The van der Waals surface area contributed by atoms with Crippen molar-refractivity contribution in [2.45, 2.75) is 18.4 Å². The van der Waals surface area contributed by atoms with Crippen molar-refractivity contribution in [1.29, 1.82) is 5.26 Å². The van der Waals surface area contributed by atoms with Crippen LogP contribution in [0.1, 0.15) is 44.3 Å². The van der Waals surface area contributed by atoms with E-state index in [4.69, 9.17) is 5.26 Å². The number of nitrogens with zero attached hydrogens (tertiary/aromatic N) is 2. The van der Waals surface area contributed by atoms with E-state index in [9.17, 15) is 31.1 Å². The molecule has 164 valence electrons. The lowest BCUT2D eigenvalue weighted by molar-refractivity contribution is -0.139. The highest BCUT2D eigenvalue weighted by Gasteiger charge is 2.37. The fourth-order valence-electron chi connectivity index (χ4n) is 2.97. The lowest BCUT2D eigenvalue weighted by Gasteiger charge is -2.23. The van der Waals surface area contributed by atoms with Gasteiger partial charge < -0.3 is 5.32 Å². The number of hydrogen-bond acceptors (Lipinski definition) is 3. The van der Waals surface area contributed by atoms with E-state index in [1.54, 1.807) is 0 Å². The number of carbonyl (C=O) groups excluding carboxylic acids is 1. The van der Waals surface area contributed by atoms with E-state index in [0.717, 1.165) is 30.5 Å².